The fourth-order valence-corrected chi connectivity index (χ4v) is 2.80. The molecule has 0 unspecified atom stereocenters. The van der Waals surface area contributed by atoms with Crippen LogP contribution in [0.25, 0.3) is 0 Å². The van der Waals surface area contributed by atoms with Gasteiger partial charge in [-0.2, -0.15) is 0 Å². The molecule has 0 fully saturated rings. The molecule has 0 aliphatic heterocycles. The number of nitrogens with zero attached hydrogens (tertiary/aromatic N) is 1. The van der Waals surface area contributed by atoms with Crippen molar-refractivity contribution in [2.24, 2.45) is 0 Å². The maximum absolute atomic E-state index is 9.25. The van der Waals surface area contributed by atoms with Gasteiger partial charge in [0.2, 0.25) is 0 Å². The van der Waals surface area contributed by atoms with Crippen molar-refractivity contribution in [2.45, 2.75) is 13.2 Å². The summed E-state index contributed by atoms with van der Waals surface area (Å²) in [6.07, 6.45) is 0. The van der Waals surface area contributed by atoms with Crippen molar-refractivity contribution in [3.05, 3.63) is 88.4 Å². The van der Waals surface area contributed by atoms with Gasteiger partial charge in [-0.05, 0) is 59.7 Å². The van der Waals surface area contributed by atoms with Gasteiger partial charge in [-0.25, -0.2) is 0 Å². The first-order valence-electron chi connectivity index (χ1n) is 7.66. The van der Waals surface area contributed by atoms with Crippen LogP contribution < -0.4 is 4.90 Å². The summed E-state index contributed by atoms with van der Waals surface area (Å²) >= 11 is 3.47. The first-order valence-corrected chi connectivity index (χ1v) is 8.46. The lowest BCUT2D eigenvalue weighted by atomic mass is 10.1. The molecule has 0 aliphatic carbocycles. The molecular formula is C20H18BrNO2. The largest absolute Gasteiger partial charge is 0.392 e. The Labute approximate surface area is 149 Å². The number of anilines is 3. The van der Waals surface area contributed by atoms with Gasteiger partial charge in [0.1, 0.15) is 0 Å². The third-order valence-electron chi connectivity index (χ3n) is 3.84. The third-order valence-corrected chi connectivity index (χ3v) is 4.37. The van der Waals surface area contributed by atoms with E-state index >= 15 is 0 Å². The van der Waals surface area contributed by atoms with E-state index in [0.717, 1.165) is 32.7 Å². The van der Waals surface area contributed by atoms with E-state index in [1.165, 1.54) is 0 Å². The summed E-state index contributed by atoms with van der Waals surface area (Å²) in [5, 5.41) is 18.5. The van der Waals surface area contributed by atoms with E-state index in [1.807, 2.05) is 72.8 Å². The molecule has 122 valence electrons. The van der Waals surface area contributed by atoms with Crippen LogP contribution >= 0.6 is 15.9 Å². The smallest absolute Gasteiger partial charge is 0.0681 e. The van der Waals surface area contributed by atoms with Gasteiger partial charge in [-0.3, -0.25) is 0 Å². The van der Waals surface area contributed by atoms with E-state index < -0.39 is 0 Å². The third kappa shape index (κ3) is 3.67. The zero-order valence-corrected chi connectivity index (χ0v) is 14.6. The molecule has 0 aliphatic rings. The minimum atomic E-state index is 0.0315. The molecule has 3 aromatic rings. The molecule has 0 aromatic heterocycles. The zero-order valence-electron chi connectivity index (χ0n) is 13.1. The van der Waals surface area contributed by atoms with Gasteiger partial charge >= 0.3 is 0 Å². The van der Waals surface area contributed by atoms with Crippen LogP contribution in [0.1, 0.15) is 11.1 Å². The van der Waals surface area contributed by atoms with E-state index in [0.29, 0.717) is 0 Å². The van der Waals surface area contributed by atoms with Crippen LogP contribution in [0.2, 0.25) is 0 Å². The molecule has 0 saturated heterocycles. The lowest BCUT2D eigenvalue weighted by Crippen LogP contribution is -2.10. The summed E-state index contributed by atoms with van der Waals surface area (Å²) < 4.78 is 1.03. The Morgan fingerprint density at radius 1 is 0.583 bits per heavy atom. The van der Waals surface area contributed by atoms with Crippen molar-refractivity contribution >= 4 is 33.0 Å². The van der Waals surface area contributed by atoms with Crippen LogP contribution in [-0.2, 0) is 13.2 Å². The molecule has 3 nitrogen and oxygen atoms in total. The molecule has 0 saturated carbocycles. The van der Waals surface area contributed by atoms with Crippen molar-refractivity contribution in [3.8, 4) is 0 Å². The van der Waals surface area contributed by atoms with Gasteiger partial charge in [-0.15, -0.1) is 0 Å². The van der Waals surface area contributed by atoms with Crippen molar-refractivity contribution < 1.29 is 10.2 Å². The highest BCUT2D eigenvalue weighted by atomic mass is 79.9. The summed E-state index contributed by atoms with van der Waals surface area (Å²) in [5.41, 5.74) is 4.81. The SMILES string of the molecule is OCc1ccc(N(c2ccc(Br)cc2)c2ccc(CO)cc2)cc1. The Kier molecular flexibility index (Phi) is 5.30. The Morgan fingerprint density at radius 3 is 1.25 bits per heavy atom. The number of halogens is 1. The monoisotopic (exact) mass is 383 g/mol. The highest BCUT2D eigenvalue weighted by Crippen LogP contribution is 2.35. The summed E-state index contributed by atoms with van der Waals surface area (Å²) in [4.78, 5) is 2.13. The van der Waals surface area contributed by atoms with Crippen LogP contribution in [0.4, 0.5) is 17.1 Å². The number of rotatable bonds is 5. The molecular weight excluding hydrogens is 366 g/mol. The molecule has 0 radical (unpaired) electrons. The van der Waals surface area contributed by atoms with Crippen LogP contribution in [-0.4, -0.2) is 10.2 Å². The maximum Gasteiger partial charge on any atom is 0.0681 e. The predicted molar refractivity (Wildman–Crippen MR) is 101 cm³/mol. The first kappa shape index (κ1) is 16.7. The van der Waals surface area contributed by atoms with Gasteiger partial charge in [0, 0.05) is 21.5 Å². The van der Waals surface area contributed by atoms with Gasteiger partial charge in [0.25, 0.3) is 0 Å². The average Bonchev–Trinajstić information content (AvgIpc) is 2.64. The van der Waals surface area contributed by atoms with Crippen molar-refractivity contribution in [2.75, 3.05) is 4.90 Å². The van der Waals surface area contributed by atoms with Gasteiger partial charge in [0.05, 0.1) is 13.2 Å². The van der Waals surface area contributed by atoms with Crippen LogP contribution in [0.5, 0.6) is 0 Å². The van der Waals surface area contributed by atoms with Crippen molar-refractivity contribution in [3.63, 3.8) is 0 Å². The lowest BCUT2D eigenvalue weighted by molar-refractivity contribution is 0.281. The van der Waals surface area contributed by atoms with Crippen molar-refractivity contribution in [1.29, 1.82) is 0 Å². The van der Waals surface area contributed by atoms with E-state index in [9.17, 15) is 10.2 Å². The van der Waals surface area contributed by atoms with Gasteiger partial charge in [-0.1, -0.05) is 40.2 Å². The second kappa shape index (κ2) is 7.62. The Morgan fingerprint density at radius 2 is 0.917 bits per heavy atom. The second-order valence-corrected chi connectivity index (χ2v) is 6.38. The zero-order chi connectivity index (χ0) is 16.9. The number of aliphatic hydroxyl groups is 2. The second-order valence-electron chi connectivity index (χ2n) is 5.46. The Hall–Kier alpha value is -2.14. The van der Waals surface area contributed by atoms with Crippen LogP contribution in [0.15, 0.2) is 77.3 Å². The molecule has 4 heteroatoms. The van der Waals surface area contributed by atoms with Crippen LogP contribution in [0.3, 0.4) is 0 Å². The number of aliphatic hydroxyl groups excluding tert-OH is 2. The van der Waals surface area contributed by atoms with Gasteiger partial charge < -0.3 is 15.1 Å². The highest BCUT2D eigenvalue weighted by Gasteiger charge is 2.12. The fourth-order valence-electron chi connectivity index (χ4n) is 2.54. The summed E-state index contributed by atoms with van der Waals surface area (Å²) in [6.45, 7) is 0.0630. The van der Waals surface area contributed by atoms with Crippen LogP contribution in [0, 0.1) is 0 Å². The minimum absolute atomic E-state index is 0.0315. The molecule has 0 heterocycles. The normalized spacial score (nSPS) is 10.6. The Balaban J connectivity index is 2.06. The molecule has 3 aromatic carbocycles. The first-order chi connectivity index (χ1) is 11.7. The average molecular weight is 384 g/mol. The Bertz CT molecular complexity index is 736. The molecule has 24 heavy (non-hydrogen) atoms. The summed E-state index contributed by atoms with van der Waals surface area (Å²) in [7, 11) is 0. The fraction of sp³-hybridized carbons (Fsp3) is 0.100. The van der Waals surface area contributed by atoms with Crippen molar-refractivity contribution in [1.82, 2.24) is 0 Å². The molecule has 3 rings (SSSR count). The minimum Gasteiger partial charge on any atom is -0.392 e. The summed E-state index contributed by atoms with van der Waals surface area (Å²) in [5.74, 6) is 0. The summed E-state index contributed by atoms with van der Waals surface area (Å²) in [6, 6.07) is 23.8. The molecule has 0 atom stereocenters. The van der Waals surface area contributed by atoms with Gasteiger partial charge in [0.15, 0.2) is 0 Å². The molecule has 0 spiro atoms. The van der Waals surface area contributed by atoms with E-state index in [2.05, 4.69) is 20.8 Å². The molecule has 0 bridgehead atoms. The molecule has 2 N–H and O–H groups in total. The number of benzene rings is 3. The standard InChI is InChI=1S/C20H18BrNO2/c21-17-5-11-20(12-6-17)22(18-7-1-15(13-23)2-8-18)19-9-3-16(14-24)4-10-19/h1-12,23-24H,13-14H2. The van der Waals surface area contributed by atoms with E-state index in [1.54, 1.807) is 0 Å². The number of hydrogen-bond donors (Lipinski definition) is 2. The lowest BCUT2D eigenvalue weighted by Gasteiger charge is -2.26. The number of hydrogen-bond acceptors (Lipinski definition) is 3. The quantitative estimate of drug-likeness (QED) is 0.658. The maximum atomic E-state index is 9.25. The predicted octanol–water partition coefficient (Wildman–Crippen LogP) is 4.90. The topological polar surface area (TPSA) is 43.7 Å². The molecule has 0 amide bonds. The highest BCUT2D eigenvalue weighted by molar-refractivity contribution is 9.10. The van der Waals surface area contributed by atoms with E-state index in [4.69, 9.17) is 0 Å². The van der Waals surface area contributed by atoms with E-state index in [-0.39, 0.29) is 13.2 Å².